The lowest BCUT2D eigenvalue weighted by Crippen LogP contribution is -2.50. The first kappa shape index (κ1) is 7.99. The molecular formula is C8H15NS. The van der Waals surface area contributed by atoms with Gasteiger partial charge in [0.05, 0.1) is 4.99 Å². The molecule has 0 aliphatic carbocycles. The molecule has 0 N–H and O–H groups in total. The standard InChI is InChI=1S/C8H15NS/c1-6(2)8-4-9(5-8)7(3)10/h6,8H,4-5H2,1-3H3. The predicted octanol–water partition coefficient (Wildman–Crippen LogP) is 1.92. The first-order chi connectivity index (χ1) is 4.61. The minimum atomic E-state index is 0.825. The van der Waals surface area contributed by atoms with Crippen LogP contribution in [0.5, 0.6) is 0 Å². The molecule has 0 aromatic heterocycles. The lowest BCUT2D eigenvalue weighted by Gasteiger charge is -2.42. The maximum Gasteiger partial charge on any atom is 0.0748 e. The van der Waals surface area contributed by atoms with Gasteiger partial charge in [0, 0.05) is 13.1 Å². The highest BCUT2D eigenvalue weighted by Crippen LogP contribution is 2.23. The second-order valence-corrected chi connectivity index (χ2v) is 4.02. The molecule has 1 heterocycles. The van der Waals surface area contributed by atoms with Crippen molar-refractivity contribution in [2.45, 2.75) is 20.8 Å². The van der Waals surface area contributed by atoms with Gasteiger partial charge < -0.3 is 4.90 Å². The maximum absolute atomic E-state index is 5.03. The summed E-state index contributed by atoms with van der Waals surface area (Å²) in [5, 5.41) is 0. The summed E-state index contributed by atoms with van der Waals surface area (Å²) in [7, 11) is 0. The van der Waals surface area contributed by atoms with Gasteiger partial charge in [-0.15, -0.1) is 0 Å². The summed E-state index contributed by atoms with van der Waals surface area (Å²) in [5.41, 5.74) is 0. The van der Waals surface area contributed by atoms with Crippen molar-refractivity contribution < 1.29 is 0 Å². The van der Waals surface area contributed by atoms with E-state index in [2.05, 4.69) is 18.7 Å². The Kier molecular flexibility index (Phi) is 2.29. The summed E-state index contributed by atoms with van der Waals surface area (Å²) in [5.74, 6) is 1.71. The third kappa shape index (κ3) is 1.48. The van der Waals surface area contributed by atoms with Crippen LogP contribution in [-0.4, -0.2) is 23.0 Å². The Balaban J connectivity index is 2.24. The minimum absolute atomic E-state index is 0.825. The van der Waals surface area contributed by atoms with E-state index in [0.717, 1.165) is 16.8 Å². The molecule has 10 heavy (non-hydrogen) atoms. The zero-order valence-electron chi connectivity index (χ0n) is 6.92. The van der Waals surface area contributed by atoms with Gasteiger partial charge in [-0.3, -0.25) is 0 Å². The zero-order chi connectivity index (χ0) is 7.72. The number of likely N-dealkylation sites (tertiary alicyclic amines) is 1. The van der Waals surface area contributed by atoms with Gasteiger partial charge in [-0.25, -0.2) is 0 Å². The quantitative estimate of drug-likeness (QED) is 0.535. The lowest BCUT2D eigenvalue weighted by atomic mass is 9.89. The summed E-state index contributed by atoms with van der Waals surface area (Å²) in [6.45, 7) is 8.94. The van der Waals surface area contributed by atoms with Crippen molar-refractivity contribution in [2.75, 3.05) is 13.1 Å². The van der Waals surface area contributed by atoms with E-state index in [0.29, 0.717) is 0 Å². The van der Waals surface area contributed by atoms with Crippen molar-refractivity contribution >= 4 is 17.2 Å². The van der Waals surface area contributed by atoms with Gasteiger partial charge >= 0.3 is 0 Å². The fourth-order valence-corrected chi connectivity index (χ4v) is 1.34. The van der Waals surface area contributed by atoms with Gasteiger partial charge in [-0.1, -0.05) is 26.1 Å². The first-order valence-corrected chi connectivity index (χ1v) is 4.27. The zero-order valence-corrected chi connectivity index (χ0v) is 7.74. The molecule has 0 aromatic carbocycles. The van der Waals surface area contributed by atoms with Gasteiger partial charge in [0.25, 0.3) is 0 Å². The van der Waals surface area contributed by atoms with Gasteiger partial charge in [0.1, 0.15) is 0 Å². The molecule has 0 spiro atoms. The molecule has 1 saturated heterocycles. The second kappa shape index (κ2) is 2.87. The van der Waals surface area contributed by atoms with E-state index in [-0.39, 0.29) is 0 Å². The van der Waals surface area contributed by atoms with Crippen LogP contribution in [-0.2, 0) is 0 Å². The van der Waals surface area contributed by atoms with Gasteiger partial charge in [0.15, 0.2) is 0 Å². The normalized spacial score (nSPS) is 19.4. The van der Waals surface area contributed by atoms with Gasteiger partial charge in [-0.2, -0.15) is 0 Å². The van der Waals surface area contributed by atoms with Crippen LogP contribution in [0.4, 0.5) is 0 Å². The lowest BCUT2D eigenvalue weighted by molar-refractivity contribution is 0.143. The van der Waals surface area contributed by atoms with Crippen LogP contribution in [0.1, 0.15) is 20.8 Å². The van der Waals surface area contributed by atoms with E-state index in [1.54, 1.807) is 0 Å². The highest BCUT2D eigenvalue weighted by atomic mass is 32.1. The molecule has 1 rings (SSSR count). The van der Waals surface area contributed by atoms with Gasteiger partial charge in [0.2, 0.25) is 0 Å². The van der Waals surface area contributed by atoms with Crippen molar-refractivity contribution in [1.82, 2.24) is 4.90 Å². The molecule has 0 atom stereocenters. The minimum Gasteiger partial charge on any atom is -0.366 e. The van der Waals surface area contributed by atoms with Crippen LogP contribution < -0.4 is 0 Å². The highest BCUT2D eigenvalue weighted by Gasteiger charge is 2.28. The smallest absolute Gasteiger partial charge is 0.0748 e. The average Bonchev–Trinajstić information content (AvgIpc) is 1.56. The second-order valence-electron chi connectivity index (χ2n) is 3.43. The Labute approximate surface area is 68.4 Å². The Hall–Kier alpha value is -0.110. The molecular weight excluding hydrogens is 142 g/mol. The summed E-state index contributed by atoms with van der Waals surface area (Å²) in [6, 6.07) is 0. The fourth-order valence-electron chi connectivity index (χ4n) is 1.19. The van der Waals surface area contributed by atoms with E-state index in [1.165, 1.54) is 13.1 Å². The molecule has 1 fully saturated rings. The van der Waals surface area contributed by atoms with Crippen LogP contribution in [0, 0.1) is 11.8 Å². The van der Waals surface area contributed by atoms with Crippen molar-refractivity contribution in [2.24, 2.45) is 11.8 Å². The monoisotopic (exact) mass is 157 g/mol. The third-order valence-corrected chi connectivity index (χ3v) is 2.56. The summed E-state index contributed by atoms with van der Waals surface area (Å²) < 4.78 is 0. The van der Waals surface area contributed by atoms with Crippen LogP contribution in [0.15, 0.2) is 0 Å². The Morgan fingerprint density at radius 1 is 1.50 bits per heavy atom. The highest BCUT2D eigenvalue weighted by molar-refractivity contribution is 7.80. The molecule has 1 aliphatic heterocycles. The number of hydrogen-bond acceptors (Lipinski definition) is 1. The van der Waals surface area contributed by atoms with Crippen molar-refractivity contribution in [3.63, 3.8) is 0 Å². The Morgan fingerprint density at radius 2 is 2.00 bits per heavy atom. The summed E-state index contributed by atoms with van der Waals surface area (Å²) in [6.07, 6.45) is 0. The fraction of sp³-hybridized carbons (Fsp3) is 0.875. The van der Waals surface area contributed by atoms with E-state index in [9.17, 15) is 0 Å². The SMILES string of the molecule is CC(=S)N1CC(C(C)C)C1. The van der Waals surface area contributed by atoms with Crippen LogP contribution >= 0.6 is 12.2 Å². The molecule has 0 unspecified atom stereocenters. The van der Waals surface area contributed by atoms with Crippen LogP contribution in [0.3, 0.4) is 0 Å². The number of nitrogens with zero attached hydrogens (tertiary/aromatic N) is 1. The van der Waals surface area contributed by atoms with Crippen LogP contribution in [0.2, 0.25) is 0 Å². The molecule has 0 bridgehead atoms. The predicted molar refractivity (Wildman–Crippen MR) is 48.2 cm³/mol. The molecule has 1 nitrogen and oxygen atoms in total. The first-order valence-electron chi connectivity index (χ1n) is 3.86. The molecule has 0 aromatic rings. The summed E-state index contributed by atoms with van der Waals surface area (Å²) >= 11 is 5.03. The molecule has 2 heteroatoms. The summed E-state index contributed by atoms with van der Waals surface area (Å²) in [4.78, 5) is 3.32. The van der Waals surface area contributed by atoms with E-state index in [1.807, 2.05) is 6.92 Å². The average molecular weight is 157 g/mol. The molecule has 0 saturated carbocycles. The van der Waals surface area contributed by atoms with Crippen molar-refractivity contribution in [1.29, 1.82) is 0 Å². The van der Waals surface area contributed by atoms with Crippen molar-refractivity contribution in [3.8, 4) is 0 Å². The Bertz CT molecular complexity index is 136. The maximum atomic E-state index is 5.03. The number of rotatable bonds is 1. The van der Waals surface area contributed by atoms with Crippen molar-refractivity contribution in [3.05, 3.63) is 0 Å². The van der Waals surface area contributed by atoms with E-state index in [4.69, 9.17) is 12.2 Å². The van der Waals surface area contributed by atoms with Crippen LogP contribution in [0.25, 0.3) is 0 Å². The Morgan fingerprint density at radius 3 is 2.30 bits per heavy atom. The number of hydrogen-bond donors (Lipinski definition) is 0. The topological polar surface area (TPSA) is 3.24 Å². The molecule has 58 valence electrons. The largest absolute Gasteiger partial charge is 0.366 e. The van der Waals surface area contributed by atoms with E-state index < -0.39 is 0 Å². The molecule has 0 radical (unpaired) electrons. The molecule has 1 aliphatic rings. The number of thiocarbonyl (C=S) groups is 1. The van der Waals surface area contributed by atoms with E-state index >= 15 is 0 Å². The van der Waals surface area contributed by atoms with Gasteiger partial charge in [-0.05, 0) is 18.8 Å². The third-order valence-electron chi connectivity index (χ3n) is 2.30. The molecule has 0 amide bonds.